The molecule has 2 amide bonds. The highest BCUT2D eigenvalue weighted by Gasteiger charge is 2.11. The number of nitrogens with zero attached hydrogens (tertiary/aromatic N) is 2. The van der Waals surface area contributed by atoms with Crippen molar-refractivity contribution in [3.05, 3.63) is 59.9 Å². The van der Waals surface area contributed by atoms with E-state index in [1.807, 2.05) is 0 Å². The molecule has 1 aromatic heterocycles. The van der Waals surface area contributed by atoms with Crippen molar-refractivity contribution in [1.82, 2.24) is 15.7 Å². The molecule has 0 saturated heterocycles. The zero-order chi connectivity index (χ0) is 16.5. The molecule has 7 heteroatoms. The van der Waals surface area contributed by atoms with E-state index in [2.05, 4.69) is 20.8 Å². The van der Waals surface area contributed by atoms with Crippen LogP contribution in [-0.4, -0.2) is 30.1 Å². The van der Waals surface area contributed by atoms with Gasteiger partial charge in [-0.05, 0) is 29.8 Å². The quantitative estimate of drug-likeness (QED) is 0.486. The van der Waals surface area contributed by atoms with Gasteiger partial charge in [-0.2, -0.15) is 5.10 Å². The summed E-state index contributed by atoms with van der Waals surface area (Å²) in [6.45, 7) is 0.173. The van der Waals surface area contributed by atoms with E-state index in [1.54, 1.807) is 55.8 Å². The molecule has 118 valence electrons. The molecule has 0 spiro atoms. The summed E-state index contributed by atoms with van der Waals surface area (Å²) in [5, 5.41) is 6.19. The van der Waals surface area contributed by atoms with Gasteiger partial charge in [0, 0.05) is 6.20 Å². The standard InChI is InChI=1S/C16H16N4O3/c1-23-14-7-4-5-12(9-14)10-19-20-16(22)15(21)18-11-13-6-2-3-8-17-13/h2-10H,11H2,1H3,(H,18,21)(H,20,22). The van der Waals surface area contributed by atoms with E-state index >= 15 is 0 Å². The number of ether oxygens (including phenoxy) is 1. The SMILES string of the molecule is COc1cccc(C=NNC(=O)C(=O)NCc2ccccn2)c1. The van der Waals surface area contributed by atoms with Crippen LogP contribution < -0.4 is 15.5 Å². The van der Waals surface area contributed by atoms with Gasteiger partial charge in [-0.3, -0.25) is 14.6 Å². The largest absolute Gasteiger partial charge is 0.497 e. The Hall–Kier alpha value is -3.22. The van der Waals surface area contributed by atoms with E-state index in [1.165, 1.54) is 6.21 Å². The van der Waals surface area contributed by atoms with Gasteiger partial charge in [0.25, 0.3) is 0 Å². The molecule has 0 fully saturated rings. The summed E-state index contributed by atoms with van der Waals surface area (Å²) in [4.78, 5) is 27.3. The van der Waals surface area contributed by atoms with Crippen LogP contribution in [0.4, 0.5) is 0 Å². The number of methoxy groups -OCH3 is 1. The molecule has 0 atom stereocenters. The molecule has 23 heavy (non-hydrogen) atoms. The van der Waals surface area contributed by atoms with Gasteiger partial charge in [-0.1, -0.05) is 18.2 Å². The van der Waals surface area contributed by atoms with Gasteiger partial charge in [0.05, 0.1) is 25.6 Å². The third kappa shape index (κ3) is 5.24. The fourth-order valence-corrected chi connectivity index (χ4v) is 1.69. The van der Waals surface area contributed by atoms with Gasteiger partial charge in [-0.25, -0.2) is 5.43 Å². The number of pyridine rings is 1. The molecule has 0 aliphatic heterocycles. The van der Waals surface area contributed by atoms with Gasteiger partial charge < -0.3 is 10.1 Å². The zero-order valence-electron chi connectivity index (χ0n) is 12.5. The average molecular weight is 312 g/mol. The molecule has 2 N–H and O–H groups in total. The second-order valence-corrected chi connectivity index (χ2v) is 4.48. The van der Waals surface area contributed by atoms with Gasteiger partial charge in [0.15, 0.2) is 0 Å². The maximum absolute atomic E-state index is 11.6. The minimum Gasteiger partial charge on any atom is -0.497 e. The number of hydrazone groups is 1. The Balaban J connectivity index is 1.81. The summed E-state index contributed by atoms with van der Waals surface area (Å²) in [5.41, 5.74) is 3.56. The fourth-order valence-electron chi connectivity index (χ4n) is 1.69. The van der Waals surface area contributed by atoms with Gasteiger partial charge in [-0.15, -0.1) is 0 Å². The van der Waals surface area contributed by atoms with Crippen LogP contribution in [0.3, 0.4) is 0 Å². The molecule has 0 unspecified atom stereocenters. The lowest BCUT2D eigenvalue weighted by molar-refractivity contribution is -0.139. The second-order valence-electron chi connectivity index (χ2n) is 4.48. The summed E-state index contributed by atoms with van der Waals surface area (Å²) in [5.74, 6) is -0.952. The highest BCUT2D eigenvalue weighted by Crippen LogP contribution is 2.10. The van der Waals surface area contributed by atoms with Crippen molar-refractivity contribution in [2.75, 3.05) is 7.11 Å². The minimum atomic E-state index is -0.847. The third-order valence-electron chi connectivity index (χ3n) is 2.84. The first-order valence-corrected chi connectivity index (χ1v) is 6.84. The lowest BCUT2D eigenvalue weighted by atomic mass is 10.2. The Kier molecular flexibility index (Phi) is 5.81. The normalized spacial score (nSPS) is 10.3. The van der Waals surface area contributed by atoms with Crippen molar-refractivity contribution >= 4 is 18.0 Å². The van der Waals surface area contributed by atoms with E-state index in [0.717, 1.165) is 5.56 Å². The summed E-state index contributed by atoms with van der Waals surface area (Å²) < 4.78 is 5.08. The Morgan fingerprint density at radius 1 is 1.22 bits per heavy atom. The predicted octanol–water partition coefficient (Wildman–Crippen LogP) is 0.857. The lowest BCUT2D eigenvalue weighted by Crippen LogP contribution is -2.37. The van der Waals surface area contributed by atoms with E-state index < -0.39 is 11.8 Å². The predicted molar refractivity (Wildman–Crippen MR) is 84.8 cm³/mol. The summed E-state index contributed by atoms with van der Waals surface area (Å²) in [6, 6.07) is 12.4. The fraction of sp³-hybridized carbons (Fsp3) is 0.125. The van der Waals surface area contributed by atoms with Crippen LogP contribution in [0.2, 0.25) is 0 Å². The van der Waals surface area contributed by atoms with Crippen molar-refractivity contribution in [1.29, 1.82) is 0 Å². The number of hydrogen-bond acceptors (Lipinski definition) is 5. The van der Waals surface area contributed by atoms with E-state index in [9.17, 15) is 9.59 Å². The molecular formula is C16H16N4O3. The Morgan fingerprint density at radius 3 is 2.83 bits per heavy atom. The average Bonchev–Trinajstić information content (AvgIpc) is 2.60. The number of hydrogen-bond donors (Lipinski definition) is 2. The highest BCUT2D eigenvalue weighted by molar-refractivity contribution is 6.35. The van der Waals surface area contributed by atoms with Crippen molar-refractivity contribution in [3.63, 3.8) is 0 Å². The number of carbonyl (C=O) groups is 2. The number of benzene rings is 1. The molecule has 1 aromatic carbocycles. The molecule has 0 radical (unpaired) electrons. The first-order valence-electron chi connectivity index (χ1n) is 6.84. The van der Waals surface area contributed by atoms with Crippen LogP contribution >= 0.6 is 0 Å². The first kappa shape index (κ1) is 16.2. The Morgan fingerprint density at radius 2 is 2.09 bits per heavy atom. The van der Waals surface area contributed by atoms with Crippen molar-refractivity contribution in [2.45, 2.75) is 6.54 Å². The molecule has 0 bridgehead atoms. The van der Waals surface area contributed by atoms with Crippen LogP contribution in [-0.2, 0) is 16.1 Å². The number of rotatable bonds is 5. The van der Waals surface area contributed by atoms with E-state index in [4.69, 9.17) is 4.74 Å². The summed E-state index contributed by atoms with van der Waals surface area (Å²) in [7, 11) is 1.56. The number of aromatic nitrogens is 1. The molecule has 2 rings (SSSR count). The summed E-state index contributed by atoms with van der Waals surface area (Å²) in [6.07, 6.45) is 3.03. The molecule has 0 aliphatic rings. The molecule has 0 saturated carbocycles. The lowest BCUT2D eigenvalue weighted by Gasteiger charge is -2.03. The van der Waals surface area contributed by atoms with Crippen LogP contribution in [0, 0.1) is 0 Å². The Labute approximate surface area is 133 Å². The second kappa shape index (κ2) is 8.28. The number of carbonyl (C=O) groups excluding carboxylic acids is 2. The zero-order valence-corrected chi connectivity index (χ0v) is 12.5. The number of amides is 2. The maximum Gasteiger partial charge on any atom is 0.329 e. The van der Waals surface area contributed by atoms with Crippen molar-refractivity contribution in [2.24, 2.45) is 5.10 Å². The first-order chi connectivity index (χ1) is 11.2. The van der Waals surface area contributed by atoms with Crippen LogP contribution in [0.1, 0.15) is 11.3 Å². The molecule has 2 aromatic rings. The van der Waals surface area contributed by atoms with E-state index in [0.29, 0.717) is 11.4 Å². The van der Waals surface area contributed by atoms with Gasteiger partial charge in [0.2, 0.25) is 0 Å². The Bertz CT molecular complexity index is 701. The van der Waals surface area contributed by atoms with Crippen molar-refractivity contribution in [3.8, 4) is 5.75 Å². The minimum absolute atomic E-state index is 0.173. The van der Waals surface area contributed by atoms with Crippen LogP contribution in [0.5, 0.6) is 5.75 Å². The van der Waals surface area contributed by atoms with Crippen LogP contribution in [0.25, 0.3) is 0 Å². The summed E-state index contributed by atoms with van der Waals surface area (Å²) >= 11 is 0. The molecule has 0 aliphatic carbocycles. The monoisotopic (exact) mass is 312 g/mol. The topological polar surface area (TPSA) is 92.7 Å². The molecule has 1 heterocycles. The third-order valence-corrected chi connectivity index (χ3v) is 2.84. The maximum atomic E-state index is 11.6. The molecule has 7 nitrogen and oxygen atoms in total. The molecular weight excluding hydrogens is 296 g/mol. The highest BCUT2D eigenvalue weighted by atomic mass is 16.5. The number of nitrogens with one attached hydrogen (secondary N) is 2. The van der Waals surface area contributed by atoms with Gasteiger partial charge in [0.1, 0.15) is 5.75 Å². The van der Waals surface area contributed by atoms with Crippen molar-refractivity contribution < 1.29 is 14.3 Å². The smallest absolute Gasteiger partial charge is 0.329 e. The van der Waals surface area contributed by atoms with Gasteiger partial charge >= 0.3 is 11.8 Å². The van der Waals surface area contributed by atoms with E-state index in [-0.39, 0.29) is 6.54 Å². The van der Waals surface area contributed by atoms with Crippen LogP contribution in [0.15, 0.2) is 53.8 Å².